The molecule has 0 saturated carbocycles. The first-order chi connectivity index (χ1) is 8.68. The van der Waals surface area contributed by atoms with Crippen molar-refractivity contribution in [1.82, 2.24) is 4.98 Å². The van der Waals surface area contributed by atoms with E-state index in [4.69, 9.17) is 9.31 Å². The van der Waals surface area contributed by atoms with Crippen LogP contribution in [0.2, 0.25) is 0 Å². The molecular formula is C12H20BBrN2O2S. The summed E-state index contributed by atoms with van der Waals surface area (Å²) >= 11 is 5.17. The molecule has 1 aliphatic rings. The summed E-state index contributed by atoms with van der Waals surface area (Å²) in [5.74, 6) is 0. The third-order valence-electron chi connectivity index (χ3n) is 3.88. The van der Waals surface area contributed by atoms with Gasteiger partial charge in [0.15, 0.2) is 5.13 Å². The summed E-state index contributed by atoms with van der Waals surface area (Å²) in [7, 11) is 1.62. The molecule has 0 radical (unpaired) electrons. The molecule has 19 heavy (non-hydrogen) atoms. The maximum Gasteiger partial charge on any atom is 0.516 e. The smallest absolute Gasteiger partial charge is 0.398 e. The molecule has 0 bridgehead atoms. The third kappa shape index (κ3) is 2.70. The number of halogens is 1. The fourth-order valence-corrected chi connectivity index (χ4v) is 3.25. The summed E-state index contributed by atoms with van der Waals surface area (Å²) in [6, 6.07) is 0. The van der Waals surface area contributed by atoms with Gasteiger partial charge in [-0.2, -0.15) is 0 Å². The van der Waals surface area contributed by atoms with Crippen LogP contribution in [-0.2, 0) is 9.31 Å². The van der Waals surface area contributed by atoms with Gasteiger partial charge in [0.2, 0.25) is 0 Å². The highest BCUT2D eigenvalue weighted by molar-refractivity contribution is 9.11. The van der Waals surface area contributed by atoms with E-state index in [1.807, 2.05) is 34.7 Å². The normalized spacial score (nSPS) is 20.9. The minimum atomic E-state index is -0.408. The Morgan fingerprint density at radius 3 is 2.26 bits per heavy atom. The summed E-state index contributed by atoms with van der Waals surface area (Å²) in [4.78, 5) is 6.74. The standard InChI is InChI=1S/C12H20BBrN2O2S/c1-7-16(6)10-15-8(9(14)19-10)13-17-11(2,3)12(4,5)18-13/h7H2,1-6H3. The summed E-state index contributed by atoms with van der Waals surface area (Å²) in [5.41, 5.74) is 0.161. The zero-order valence-corrected chi connectivity index (χ0v) is 14.7. The predicted molar refractivity (Wildman–Crippen MR) is 84.5 cm³/mol. The zero-order valence-electron chi connectivity index (χ0n) is 12.3. The average Bonchev–Trinajstić information content (AvgIpc) is 2.77. The fraction of sp³-hybridized carbons (Fsp3) is 0.750. The average molecular weight is 347 g/mol. The van der Waals surface area contributed by atoms with Crippen LogP contribution in [0.1, 0.15) is 34.6 Å². The highest BCUT2D eigenvalue weighted by atomic mass is 79.9. The van der Waals surface area contributed by atoms with Crippen LogP contribution in [0, 0.1) is 0 Å². The van der Waals surface area contributed by atoms with Gasteiger partial charge >= 0.3 is 7.12 Å². The Morgan fingerprint density at radius 1 is 1.26 bits per heavy atom. The number of anilines is 1. The van der Waals surface area contributed by atoms with Gasteiger partial charge in [-0.3, -0.25) is 0 Å². The molecule has 1 fully saturated rings. The third-order valence-corrected chi connectivity index (χ3v) is 5.74. The molecular weight excluding hydrogens is 327 g/mol. The van der Waals surface area contributed by atoms with E-state index in [-0.39, 0.29) is 11.2 Å². The minimum absolute atomic E-state index is 0.336. The second-order valence-electron chi connectivity index (χ2n) is 5.76. The Morgan fingerprint density at radius 2 is 1.79 bits per heavy atom. The van der Waals surface area contributed by atoms with Crippen molar-refractivity contribution in [3.05, 3.63) is 3.79 Å². The molecule has 0 unspecified atom stereocenters. The van der Waals surface area contributed by atoms with Crippen molar-refractivity contribution < 1.29 is 9.31 Å². The Labute approximate surface area is 127 Å². The summed E-state index contributed by atoms with van der Waals surface area (Å²) in [6.07, 6.45) is 0. The molecule has 2 rings (SSSR count). The van der Waals surface area contributed by atoms with Crippen LogP contribution in [-0.4, -0.2) is 36.9 Å². The number of thiazole rings is 1. The maximum atomic E-state index is 6.03. The van der Waals surface area contributed by atoms with E-state index >= 15 is 0 Å². The monoisotopic (exact) mass is 346 g/mol. The van der Waals surface area contributed by atoms with Gasteiger partial charge in [-0.1, -0.05) is 11.3 Å². The van der Waals surface area contributed by atoms with Crippen LogP contribution >= 0.6 is 27.3 Å². The Kier molecular flexibility index (Phi) is 4.04. The Hall–Kier alpha value is -0.105. The van der Waals surface area contributed by atoms with E-state index in [1.54, 1.807) is 11.3 Å². The van der Waals surface area contributed by atoms with E-state index in [0.29, 0.717) is 0 Å². The van der Waals surface area contributed by atoms with Gasteiger partial charge in [-0.05, 0) is 50.5 Å². The van der Waals surface area contributed by atoms with E-state index in [2.05, 4.69) is 32.7 Å². The zero-order chi connectivity index (χ0) is 14.4. The summed E-state index contributed by atoms with van der Waals surface area (Å²) < 4.78 is 13.0. The molecule has 2 heterocycles. The SMILES string of the molecule is CCN(C)c1nc(B2OC(C)(C)C(C)(C)O2)c(Br)s1. The quantitative estimate of drug-likeness (QED) is 0.788. The fourth-order valence-electron chi connectivity index (χ4n) is 1.70. The van der Waals surface area contributed by atoms with Gasteiger partial charge in [-0.15, -0.1) is 0 Å². The highest BCUT2D eigenvalue weighted by Crippen LogP contribution is 2.37. The summed E-state index contributed by atoms with van der Waals surface area (Å²) in [5, 5.41) is 0.971. The second kappa shape index (κ2) is 5.02. The van der Waals surface area contributed by atoms with Crippen LogP contribution in [0.4, 0.5) is 5.13 Å². The second-order valence-corrected chi connectivity index (χ2v) is 8.05. The Bertz CT molecular complexity index is 462. The molecule has 0 aromatic carbocycles. The van der Waals surface area contributed by atoms with Crippen LogP contribution in [0.25, 0.3) is 0 Å². The van der Waals surface area contributed by atoms with Gasteiger partial charge in [-0.25, -0.2) is 4.98 Å². The number of aromatic nitrogens is 1. The summed E-state index contributed by atoms with van der Waals surface area (Å²) in [6.45, 7) is 11.2. The largest absolute Gasteiger partial charge is 0.516 e. The molecule has 4 nitrogen and oxygen atoms in total. The van der Waals surface area contributed by atoms with Gasteiger partial charge < -0.3 is 14.2 Å². The van der Waals surface area contributed by atoms with Crippen LogP contribution in [0.15, 0.2) is 3.79 Å². The van der Waals surface area contributed by atoms with Gasteiger partial charge in [0, 0.05) is 13.6 Å². The molecule has 1 aromatic rings. The van der Waals surface area contributed by atoms with Crippen molar-refractivity contribution in [2.24, 2.45) is 0 Å². The topological polar surface area (TPSA) is 34.6 Å². The van der Waals surface area contributed by atoms with E-state index in [0.717, 1.165) is 21.1 Å². The first-order valence-corrected chi connectivity index (χ1v) is 8.02. The molecule has 0 amide bonds. The molecule has 0 aliphatic carbocycles. The van der Waals surface area contributed by atoms with Gasteiger partial charge in [0.1, 0.15) is 0 Å². The lowest BCUT2D eigenvalue weighted by molar-refractivity contribution is 0.00578. The molecule has 0 atom stereocenters. The first-order valence-electron chi connectivity index (χ1n) is 6.41. The molecule has 7 heteroatoms. The van der Waals surface area contributed by atoms with Crippen molar-refractivity contribution in [1.29, 1.82) is 0 Å². The van der Waals surface area contributed by atoms with Crippen molar-refractivity contribution in [2.45, 2.75) is 45.8 Å². The molecule has 1 aliphatic heterocycles. The molecule has 106 valence electrons. The minimum Gasteiger partial charge on any atom is -0.398 e. The van der Waals surface area contributed by atoms with Crippen molar-refractivity contribution in [2.75, 3.05) is 18.5 Å². The lowest BCUT2D eigenvalue weighted by Gasteiger charge is -2.32. The van der Waals surface area contributed by atoms with Crippen molar-refractivity contribution in [3.8, 4) is 0 Å². The number of rotatable bonds is 3. The van der Waals surface area contributed by atoms with Crippen molar-refractivity contribution >= 4 is 45.1 Å². The predicted octanol–water partition coefficient (Wildman–Crippen LogP) is 2.66. The number of hydrogen-bond donors (Lipinski definition) is 0. The van der Waals surface area contributed by atoms with Crippen LogP contribution in [0.3, 0.4) is 0 Å². The molecule has 0 N–H and O–H groups in total. The number of hydrogen-bond acceptors (Lipinski definition) is 5. The maximum absolute atomic E-state index is 6.03. The molecule has 1 saturated heterocycles. The Balaban J connectivity index is 2.27. The molecule has 1 aromatic heterocycles. The highest BCUT2D eigenvalue weighted by Gasteiger charge is 2.53. The number of nitrogens with zero attached hydrogens (tertiary/aromatic N) is 2. The van der Waals surface area contributed by atoms with Crippen LogP contribution in [0.5, 0.6) is 0 Å². The molecule has 0 spiro atoms. The van der Waals surface area contributed by atoms with E-state index < -0.39 is 7.12 Å². The lowest BCUT2D eigenvalue weighted by Crippen LogP contribution is -2.41. The van der Waals surface area contributed by atoms with Crippen LogP contribution < -0.4 is 10.5 Å². The first kappa shape index (κ1) is 15.3. The lowest BCUT2D eigenvalue weighted by atomic mass is 9.86. The van der Waals surface area contributed by atoms with Gasteiger partial charge in [0.05, 0.1) is 20.6 Å². The van der Waals surface area contributed by atoms with Crippen molar-refractivity contribution in [3.63, 3.8) is 0 Å². The van der Waals surface area contributed by atoms with Gasteiger partial charge in [0.25, 0.3) is 0 Å². The van der Waals surface area contributed by atoms with E-state index in [1.165, 1.54) is 0 Å². The van der Waals surface area contributed by atoms with E-state index in [9.17, 15) is 0 Å².